The summed E-state index contributed by atoms with van der Waals surface area (Å²) in [6.45, 7) is 3.61. The fourth-order valence-corrected chi connectivity index (χ4v) is 3.63. The van der Waals surface area contributed by atoms with Crippen molar-refractivity contribution < 1.29 is 19.4 Å². The number of carbonyl (C=O) groups excluding carboxylic acids is 1. The van der Waals surface area contributed by atoms with E-state index in [1.807, 2.05) is 4.90 Å². The average molecular weight is 410 g/mol. The number of nitrogens with zero attached hydrogens (tertiary/aromatic N) is 4. The van der Waals surface area contributed by atoms with Crippen molar-refractivity contribution in [1.82, 2.24) is 14.9 Å². The molecule has 2 N–H and O–H groups in total. The molecule has 1 saturated heterocycles. The normalized spacial score (nSPS) is 15.4. The van der Waals surface area contributed by atoms with E-state index in [-0.39, 0.29) is 17.5 Å². The number of hydrogen-bond acceptors (Lipinski definition) is 6. The van der Waals surface area contributed by atoms with Gasteiger partial charge in [0.2, 0.25) is 0 Å². The number of aliphatic hydroxyl groups is 1. The quantitative estimate of drug-likeness (QED) is 0.687. The van der Waals surface area contributed by atoms with E-state index >= 15 is 0 Å². The van der Waals surface area contributed by atoms with E-state index in [0.29, 0.717) is 60.7 Å². The first-order valence-electron chi connectivity index (χ1n) is 9.95. The Morgan fingerprint density at radius 3 is 2.57 bits per heavy atom. The number of amides is 1. The first-order chi connectivity index (χ1) is 14.5. The first-order valence-corrected chi connectivity index (χ1v) is 9.95. The summed E-state index contributed by atoms with van der Waals surface area (Å²) in [6, 6.07) is 11.1. The van der Waals surface area contributed by atoms with Crippen LogP contribution in [-0.2, 0) is 4.79 Å². The Balaban J connectivity index is 1.70. The highest BCUT2D eigenvalue weighted by Gasteiger charge is 2.27. The summed E-state index contributed by atoms with van der Waals surface area (Å²) >= 11 is 0. The number of aromatic hydroxyl groups is 1. The molecule has 7 nitrogen and oxygen atoms in total. The largest absolute Gasteiger partial charge is 0.507 e. The molecule has 3 aromatic rings. The molecule has 0 aliphatic carbocycles. The molecule has 1 aromatic heterocycles. The van der Waals surface area contributed by atoms with Crippen molar-refractivity contribution in [2.45, 2.75) is 19.4 Å². The van der Waals surface area contributed by atoms with Crippen molar-refractivity contribution in [2.24, 2.45) is 0 Å². The molecule has 2 aromatic carbocycles. The van der Waals surface area contributed by atoms with Gasteiger partial charge in [-0.25, -0.2) is 14.4 Å². The van der Waals surface area contributed by atoms with Gasteiger partial charge in [0.15, 0.2) is 5.82 Å². The van der Waals surface area contributed by atoms with Crippen LogP contribution >= 0.6 is 0 Å². The van der Waals surface area contributed by atoms with Crippen LogP contribution in [0.25, 0.3) is 22.3 Å². The van der Waals surface area contributed by atoms with Crippen LogP contribution in [-0.4, -0.2) is 63.3 Å². The van der Waals surface area contributed by atoms with Crippen LogP contribution in [0.3, 0.4) is 0 Å². The Morgan fingerprint density at radius 1 is 1.13 bits per heavy atom. The number of halogens is 1. The lowest BCUT2D eigenvalue weighted by molar-refractivity contribution is -0.140. The molecule has 1 fully saturated rings. The fraction of sp³-hybridized carbons (Fsp3) is 0.318. The lowest BCUT2D eigenvalue weighted by atomic mass is 10.1. The predicted octanol–water partition coefficient (Wildman–Crippen LogP) is 2.56. The van der Waals surface area contributed by atoms with E-state index < -0.39 is 6.10 Å². The van der Waals surface area contributed by atoms with Gasteiger partial charge in [-0.15, -0.1) is 0 Å². The highest BCUT2D eigenvalue weighted by molar-refractivity contribution is 5.91. The number of phenols is 1. The molecule has 1 aliphatic heterocycles. The van der Waals surface area contributed by atoms with Crippen molar-refractivity contribution in [1.29, 1.82) is 0 Å². The number of aliphatic hydroxyl groups excluding tert-OH is 1. The van der Waals surface area contributed by atoms with Gasteiger partial charge in [-0.05, 0) is 36.8 Å². The predicted molar refractivity (Wildman–Crippen MR) is 112 cm³/mol. The van der Waals surface area contributed by atoms with Gasteiger partial charge < -0.3 is 20.0 Å². The first kappa shape index (κ1) is 20.0. The van der Waals surface area contributed by atoms with E-state index in [1.54, 1.807) is 42.2 Å². The summed E-state index contributed by atoms with van der Waals surface area (Å²) < 4.78 is 14.0. The van der Waals surface area contributed by atoms with Gasteiger partial charge in [0.1, 0.15) is 23.5 Å². The molecule has 30 heavy (non-hydrogen) atoms. The zero-order valence-corrected chi connectivity index (χ0v) is 16.6. The Kier molecular flexibility index (Phi) is 5.50. The minimum atomic E-state index is -0.988. The summed E-state index contributed by atoms with van der Waals surface area (Å²) in [7, 11) is 0. The van der Waals surface area contributed by atoms with Gasteiger partial charge in [-0.1, -0.05) is 19.1 Å². The number of benzene rings is 2. The number of rotatable bonds is 4. The summed E-state index contributed by atoms with van der Waals surface area (Å²) in [6.07, 6.45) is -0.614. The van der Waals surface area contributed by atoms with Gasteiger partial charge in [0.25, 0.3) is 5.91 Å². The van der Waals surface area contributed by atoms with Gasteiger partial charge in [0.05, 0.1) is 11.1 Å². The van der Waals surface area contributed by atoms with Crippen LogP contribution in [0.5, 0.6) is 5.75 Å². The third-order valence-corrected chi connectivity index (χ3v) is 5.35. The van der Waals surface area contributed by atoms with Crippen LogP contribution in [0.1, 0.15) is 13.3 Å². The lowest BCUT2D eigenvalue weighted by Crippen LogP contribution is -2.51. The van der Waals surface area contributed by atoms with Crippen LogP contribution in [0.4, 0.5) is 10.2 Å². The standard InChI is InChI=1S/C22H23FN4O3/c1-2-18(28)22(30)27-11-9-26(10-12-27)21-16-13-14(23)7-8-17(16)24-20(25-21)15-5-3-4-6-19(15)29/h3-8,13,18,28-29H,2,9-12H2,1H3. The Morgan fingerprint density at radius 2 is 1.87 bits per heavy atom. The Labute approximate surface area is 173 Å². The van der Waals surface area contributed by atoms with Crippen molar-refractivity contribution >= 4 is 22.6 Å². The maximum atomic E-state index is 14.0. The number of piperazine rings is 1. The highest BCUT2D eigenvalue weighted by atomic mass is 19.1. The molecular weight excluding hydrogens is 387 g/mol. The average Bonchev–Trinajstić information content (AvgIpc) is 2.78. The number of hydrogen-bond donors (Lipinski definition) is 2. The lowest BCUT2D eigenvalue weighted by Gasteiger charge is -2.36. The van der Waals surface area contributed by atoms with Crippen molar-refractivity contribution in [3.05, 3.63) is 48.3 Å². The molecule has 0 bridgehead atoms. The van der Waals surface area contributed by atoms with Crippen LogP contribution < -0.4 is 4.90 Å². The van der Waals surface area contributed by atoms with Crippen molar-refractivity contribution in [2.75, 3.05) is 31.1 Å². The number of carbonyl (C=O) groups is 1. The number of phenolic OH excluding ortho intramolecular Hbond substituents is 1. The Bertz CT molecular complexity index is 1080. The molecule has 8 heteroatoms. The van der Waals surface area contributed by atoms with Crippen molar-refractivity contribution in [3.63, 3.8) is 0 Å². The van der Waals surface area contributed by atoms with Gasteiger partial charge in [-0.3, -0.25) is 4.79 Å². The molecule has 156 valence electrons. The molecule has 0 saturated carbocycles. The monoisotopic (exact) mass is 410 g/mol. The summed E-state index contributed by atoms with van der Waals surface area (Å²) in [5, 5.41) is 20.6. The fourth-order valence-electron chi connectivity index (χ4n) is 3.63. The molecule has 0 spiro atoms. The zero-order chi connectivity index (χ0) is 21.3. The maximum Gasteiger partial charge on any atom is 0.251 e. The van der Waals surface area contributed by atoms with E-state index in [1.165, 1.54) is 12.1 Å². The van der Waals surface area contributed by atoms with Crippen LogP contribution in [0.2, 0.25) is 0 Å². The number of anilines is 1. The molecule has 2 heterocycles. The molecule has 4 rings (SSSR count). The minimum Gasteiger partial charge on any atom is -0.507 e. The maximum absolute atomic E-state index is 14.0. The molecular formula is C22H23FN4O3. The second-order valence-electron chi connectivity index (χ2n) is 7.29. The summed E-state index contributed by atoms with van der Waals surface area (Å²) in [4.78, 5) is 25.1. The minimum absolute atomic E-state index is 0.0638. The van der Waals surface area contributed by atoms with E-state index in [2.05, 4.69) is 9.97 Å². The SMILES string of the molecule is CCC(O)C(=O)N1CCN(c2nc(-c3ccccc3O)nc3ccc(F)cc23)CC1. The zero-order valence-electron chi connectivity index (χ0n) is 16.6. The highest BCUT2D eigenvalue weighted by Crippen LogP contribution is 2.32. The summed E-state index contributed by atoms with van der Waals surface area (Å²) in [5.74, 6) is 0.310. The molecule has 0 radical (unpaired) electrons. The van der Waals surface area contributed by atoms with E-state index in [4.69, 9.17) is 0 Å². The van der Waals surface area contributed by atoms with Gasteiger partial charge in [0, 0.05) is 31.6 Å². The third-order valence-electron chi connectivity index (χ3n) is 5.35. The Hall–Kier alpha value is -3.26. The van der Waals surface area contributed by atoms with Gasteiger partial charge >= 0.3 is 0 Å². The van der Waals surface area contributed by atoms with Crippen LogP contribution in [0.15, 0.2) is 42.5 Å². The van der Waals surface area contributed by atoms with Crippen LogP contribution in [0, 0.1) is 5.82 Å². The second kappa shape index (κ2) is 8.23. The number of para-hydroxylation sites is 1. The smallest absolute Gasteiger partial charge is 0.251 e. The van der Waals surface area contributed by atoms with E-state index in [0.717, 1.165) is 0 Å². The molecule has 1 atom stereocenters. The molecule has 1 unspecified atom stereocenters. The van der Waals surface area contributed by atoms with Crippen molar-refractivity contribution in [3.8, 4) is 17.1 Å². The second-order valence-corrected chi connectivity index (χ2v) is 7.29. The van der Waals surface area contributed by atoms with Gasteiger partial charge in [-0.2, -0.15) is 0 Å². The third kappa shape index (κ3) is 3.78. The van der Waals surface area contributed by atoms with E-state index in [9.17, 15) is 19.4 Å². The topological polar surface area (TPSA) is 89.8 Å². The number of fused-ring (bicyclic) bond motifs is 1. The molecule has 1 amide bonds. The molecule has 1 aliphatic rings. The number of aromatic nitrogens is 2. The summed E-state index contributed by atoms with van der Waals surface area (Å²) in [5.41, 5.74) is 1.06.